The topological polar surface area (TPSA) is 87.7 Å². The maximum Gasteiger partial charge on any atom is 0.408 e. The summed E-state index contributed by atoms with van der Waals surface area (Å²) in [6.07, 6.45) is 5.92. The van der Waals surface area contributed by atoms with Crippen molar-refractivity contribution in [2.45, 2.75) is 85.5 Å². The first-order valence-electron chi connectivity index (χ1n) is 13.5. The second-order valence-electron chi connectivity index (χ2n) is 11.8. The SMILES string of the molecule is C#Cc1ccccc1C(C(=O)Nc1c(C)cccc1C)N(C(=O)C(NC(=O)OC(C)(C)C)C(C)C)C1CC1C. The van der Waals surface area contributed by atoms with Gasteiger partial charge in [0.15, 0.2) is 0 Å². The Balaban J connectivity index is 2.10. The molecule has 2 aromatic rings. The highest BCUT2D eigenvalue weighted by atomic mass is 16.6. The molecule has 0 saturated heterocycles. The molecule has 1 fully saturated rings. The van der Waals surface area contributed by atoms with E-state index >= 15 is 0 Å². The highest BCUT2D eigenvalue weighted by Crippen LogP contribution is 2.42. The quantitative estimate of drug-likeness (QED) is 0.425. The van der Waals surface area contributed by atoms with Crippen LogP contribution in [-0.4, -0.2) is 40.5 Å². The lowest BCUT2D eigenvalue weighted by Crippen LogP contribution is -2.55. The molecule has 0 heterocycles. The number of amides is 3. The lowest BCUT2D eigenvalue weighted by atomic mass is 9.95. The van der Waals surface area contributed by atoms with Gasteiger partial charge in [-0.2, -0.15) is 0 Å². The number of nitrogens with one attached hydrogen (secondary N) is 2. The Bertz CT molecular complexity index is 1250. The van der Waals surface area contributed by atoms with Crippen LogP contribution in [0.4, 0.5) is 10.5 Å². The number of carbonyl (C=O) groups is 3. The molecule has 1 aliphatic rings. The molecule has 3 amide bonds. The van der Waals surface area contributed by atoms with Gasteiger partial charge in [-0.1, -0.05) is 63.1 Å². The molecule has 2 aromatic carbocycles. The van der Waals surface area contributed by atoms with Crippen molar-refractivity contribution in [2.75, 3.05) is 5.32 Å². The van der Waals surface area contributed by atoms with Gasteiger partial charge >= 0.3 is 6.09 Å². The van der Waals surface area contributed by atoms with Gasteiger partial charge in [0, 0.05) is 17.3 Å². The summed E-state index contributed by atoms with van der Waals surface area (Å²) in [5, 5.41) is 5.86. The molecule has 4 unspecified atom stereocenters. The first kappa shape index (κ1) is 29.8. The van der Waals surface area contributed by atoms with E-state index in [1.54, 1.807) is 37.8 Å². The van der Waals surface area contributed by atoms with E-state index < -0.39 is 23.8 Å². The van der Waals surface area contributed by atoms with Crippen molar-refractivity contribution in [3.8, 4) is 12.3 Å². The van der Waals surface area contributed by atoms with E-state index in [-0.39, 0.29) is 29.7 Å². The molecule has 1 aliphatic carbocycles. The molecule has 2 N–H and O–H groups in total. The van der Waals surface area contributed by atoms with Crippen LogP contribution < -0.4 is 10.6 Å². The van der Waals surface area contributed by atoms with Crippen LogP contribution in [0.2, 0.25) is 0 Å². The maximum atomic E-state index is 14.3. The third kappa shape index (κ3) is 7.20. The fourth-order valence-electron chi connectivity index (χ4n) is 4.77. The highest BCUT2D eigenvalue weighted by Gasteiger charge is 2.49. The van der Waals surface area contributed by atoms with Gasteiger partial charge in [0.25, 0.3) is 5.91 Å². The second kappa shape index (κ2) is 11.9. The molecule has 4 atom stereocenters. The minimum atomic E-state index is -1.000. The molecule has 0 bridgehead atoms. The molecule has 7 heteroatoms. The number of alkyl carbamates (subject to hydrolysis) is 1. The third-order valence-corrected chi connectivity index (χ3v) is 6.95. The number of aryl methyl sites for hydroxylation is 2. The van der Waals surface area contributed by atoms with Gasteiger partial charge in [0.05, 0.1) is 0 Å². The summed E-state index contributed by atoms with van der Waals surface area (Å²) in [5.41, 5.74) is 2.91. The fraction of sp³-hybridized carbons (Fsp3) is 0.469. The Labute approximate surface area is 232 Å². The van der Waals surface area contributed by atoms with Crippen molar-refractivity contribution in [1.29, 1.82) is 0 Å². The largest absolute Gasteiger partial charge is 0.444 e. The Morgan fingerprint density at radius 2 is 1.64 bits per heavy atom. The lowest BCUT2D eigenvalue weighted by molar-refractivity contribution is -0.142. The second-order valence-corrected chi connectivity index (χ2v) is 11.8. The van der Waals surface area contributed by atoms with Crippen molar-refractivity contribution in [3.63, 3.8) is 0 Å². The number of carbonyl (C=O) groups excluding carboxylic acids is 3. The summed E-state index contributed by atoms with van der Waals surface area (Å²) in [7, 11) is 0. The highest BCUT2D eigenvalue weighted by molar-refractivity contribution is 6.00. The number of anilines is 1. The van der Waals surface area contributed by atoms with Gasteiger partial charge in [-0.15, -0.1) is 6.42 Å². The molecule has 39 heavy (non-hydrogen) atoms. The van der Waals surface area contributed by atoms with Gasteiger partial charge in [-0.3, -0.25) is 9.59 Å². The van der Waals surface area contributed by atoms with Crippen molar-refractivity contribution in [2.24, 2.45) is 11.8 Å². The molecule has 0 aliphatic heterocycles. The number of ether oxygens (including phenoxy) is 1. The molecule has 1 saturated carbocycles. The van der Waals surface area contributed by atoms with Crippen LogP contribution in [-0.2, 0) is 14.3 Å². The number of nitrogens with zero attached hydrogens (tertiary/aromatic N) is 1. The zero-order valence-corrected chi connectivity index (χ0v) is 24.3. The van der Waals surface area contributed by atoms with Crippen molar-refractivity contribution < 1.29 is 19.1 Å². The van der Waals surface area contributed by atoms with Crippen LogP contribution in [0.15, 0.2) is 42.5 Å². The monoisotopic (exact) mass is 531 g/mol. The Kier molecular flexibility index (Phi) is 9.11. The van der Waals surface area contributed by atoms with Crippen LogP contribution in [0.25, 0.3) is 0 Å². The van der Waals surface area contributed by atoms with Crippen molar-refractivity contribution in [3.05, 3.63) is 64.7 Å². The summed E-state index contributed by atoms with van der Waals surface area (Å²) in [6.45, 7) is 14.9. The zero-order chi connectivity index (χ0) is 29.1. The predicted octanol–water partition coefficient (Wildman–Crippen LogP) is 5.75. The van der Waals surface area contributed by atoms with E-state index in [0.717, 1.165) is 17.5 Å². The maximum absolute atomic E-state index is 14.3. The summed E-state index contributed by atoms with van der Waals surface area (Å²) in [6, 6.07) is 10.9. The smallest absolute Gasteiger partial charge is 0.408 e. The normalized spacial score (nSPS) is 17.9. The van der Waals surface area contributed by atoms with E-state index in [1.807, 2.05) is 65.0 Å². The third-order valence-electron chi connectivity index (χ3n) is 6.95. The predicted molar refractivity (Wildman–Crippen MR) is 154 cm³/mol. The molecule has 208 valence electrons. The molecule has 7 nitrogen and oxygen atoms in total. The Hall–Kier alpha value is -3.79. The molecular formula is C32H41N3O4. The van der Waals surface area contributed by atoms with E-state index in [1.165, 1.54) is 0 Å². The van der Waals surface area contributed by atoms with Crippen LogP contribution in [0.5, 0.6) is 0 Å². The Morgan fingerprint density at radius 1 is 1.05 bits per heavy atom. The number of benzene rings is 2. The molecule has 0 aromatic heterocycles. The van der Waals surface area contributed by atoms with Gasteiger partial charge in [0.2, 0.25) is 5.91 Å². The number of rotatable bonds is 8. The van der Waals surface area contributed by atoms with E-state index in [9.17, 15) is 14.4 Å². The number of terminal acetylenes is 1. The Morgan fingerprint density at radius 3 is 2.15 bits per heavy atom. The first-order valence-corrected chi connectivity index (χ1v) is 13.5. The van der Waals surface area contributed by atoms with Crippen LogP contribution in [0.3, 0.4) is 0 Å². The van der Waals surface area contributed by atoms with Crippen molar-refractivity contribution in [1.82, 2.24) is 10.2 Å². The van der Waals surface area contributed by atoms with Crippen LogP contribution in [0.1, 0.15) is 76.3 Å². The fourth-order valence-corrected chi connectivity index (χ4v) is 4.77. The first-order chi connectivity index (χ1) is 18.2. The minimum Gasteiger partial charge on any atom is -0.444 e. The number of hydrogen-bond acceptors (Lipinski definition) is 4. The summed E-state index contributed by atoms with van der Waals surface area (Å²) < 4.78 is 5.45. The zero-order valence-electron chi connectivity index (χ0n) is 24.3. The molecular weight excluding hydrogens is 490 g/mol. The number of para-hydroxylation sites is 1. The molecule has 0 radical (unpaired) electrons. The lowest BCUT2D eigenvalue weighted by Gasteiger charge is -2.36. The summed E-state index contributed by atoms with van der Waals surface area (Å²) >= 11 is 0. The van der Waals surface area contributed by atoms with Gasteiger partial charge in [0.1, 0.15) is 17.7 Å². The summed E-state index contributed by atoms with van der Waals surface area (Å²) in [4.78, 5) is 42.9. The van der Waals surface area contributed by atoms with Crippen molar-refractivity contribution >= 4 is 23.6 Å². The minimum absolute atomic E-state index is 0.182. The summed E-state index contributed by atoms with van der Waals surface area (Å²) in [5.74, 6) is 1.91. The van der Waals surface area contributed by atoms with E-state index in [4.69, 9.17) is 11.2 Å². The molecule has 3 rings (SSSR count). The average Bonchev–Trinajstić information content (AvgIpc) is 3.57. The average molecular weight is 532 g/mol. The standard InChI is InChI=1S/C32H41N3O4/c1-10-23-16-11-12-17-24(23)28(29(36)33-27-20(4)14-13-15-21(27)5)35(25-18-22(25)6)30(37)26(19(2)3)34-31(38)39-32(7,8)9/h1,11-17,19,22,25-26,28H,18H2,2-9H3,(H,33,36)(H,34,38). The van der Waals surface area contributed by atoms with Gasteiger partial charge in [-0.05, 0) is 75.6 Å². The molecule has 0 spiro atoms. The van der Waals surface area contributed by atoms with Gasteiger partial charge < -0.3 is 20.3 Å². The van der Waals surface area contributed by atoms with Gasteiger partial charge in [-0.25, -0.2) is 4.79 Å². The van der Waals surface area contributed by atoms with Crippen LogP contribution >= 0.6 is 0 Å². The van der Waals surface area contributed by atoms with Crippen LogP contribution in [0, 0.1) is 38.0 Å². The van der Waals surface area contributed by atoms with E-state index in [0.29, 0.717) is 16.8 Å². The number of hydrogen-bond donors (Lipinski definition) is 2. The van der Waals surface area contributed by atoms with E-state index in [2.05, 4.69) is 16.6 Å².